The third-order valence-corrected chi connectivity index (χ3v) is 4.52. The highest BCUT2D eigenvalue weighted by Gasteiger charge is 2.32. The van der Waals surface area contributed by atoms with Gasteiger partial charge in [-0.15, -0.1) is 12.4 Å². The van der Waals surface area contributed by atoms with E-state index in [4.69, 9.17) is 0 Å². The summed E-state index contributed by atoms with van der Waals surface area (Å²) in [6, 6.07) is 3.81. The first-order chi connectivity index (χ1) is 10.1. The monoisotopic (exact) mass is 330 g/mol. The van der Waals surface area contributed by atoms with E-state index in [1.165, 1.54) is 12.1 Å². The lowest BCUT2D eigenvalue weighted by Crippen LogP contribution is -2.53. The fourth-order valence-electron chi connectivity index (χ4n) is 3.47. The Kier molecular flexibility index (Phi) is 5.75. The van der Waals surface area contributed by atoms with Crippen LogP contribution in [0.4, 0.5) is 8.78 Å². The number of halogens is 3. The molecule has 2 aliphatic heterocycles. The van der Waals surface area contributed by atoms with Crippen molar-refractivity contribution in [1.82, 2.24) is 10.2 Å². The molecular weight excluding hydrogens is 310 g/mol. The van der Waals surface area contributed by atoms with E-state index in [0.717, 1.165) is 45.0 Å². The fourth-order valence-corrected chi connectivity index (χ4v) is 3.47. The SMILES string of the molecule is Cl.O=C(Cc1cc(F)cc(F)c1)N1CC[C@@H]2NCCC[C@@H]2C1. The molecule has 22 heavy (non-hydrogen) atoms. The predicted molar refractivity (Wildman–Crippen MR) is 83.0 cm³/mol. The number of benzene rings is 1. The Hall–Kier alpha value is -1.20. The third-order valence-electron chi connectivity index (χ3n) is 4.52. The van der Waals surface area contributed by atoms with Crippen molar-refractivity contribution in [3.8, 4) is 0 Å². The maximum absolute atomic E-state index is 13.2. The van der Waals surface area contributed by atoms with Crippen LogP contribution in [-0.2, 0) is 11.2 Å². The minimum Gasteiger partial charge on any atom is -0.342 e. The van der Waals surface area contributed by atoms with Gasteiger partial charge in [-0.1, -0.05) is 0 Å². The van der Waals surface area contributed by atoms with Gasteiger partial charge in [0.1, 0.15) is 11.6 Å². The van der Waals surface area contributed by atoms with Crippen LogP contribution in [0, 0.1) is 17.6 Å². The van der Waals surface area contributed by atoms with Crippen molar-refractivity contribution >= 4 is 18.3 Å². The summed E-state index contributed by atoms with van der Waals surface area (Å²) in [5, 5.41) is 3.51. The average Bonchev–Trinajstić information content (AvgIpc) is 2.45. The smallest absolute Gasteiger partial charge is 0.227 e. The number of fused-ring (bicyclic) bond motifs is 1. The molecule has 2 saturated heterocycles. The molecule has 1 aromatic rings. The van der Waals surface area contributed by atoms with Crippen LogP contribution in [0.2, 0.25) is 0 Å². The van der Waals surface area contributed by atoms with E-state index in [2.05, 4.69) is 5.32 Å². The molecule has 2 aliphatic rings. The standard InChI is InChI=1S/C16H20F2N2O.ClH/c17-13-6-11(7-14(18)9-13)8-16(21)20-5-3-15-12(10-20)2-1-4-19-15;/h6-7,9,12,15,19H,1-5,8,10H2;1H/t12-,15+;/m1./s1. The highest BCUT2D eigenvalue weighted by molar-refractivity contribution is 5.85. The van der Waals surface area contributed by atoms with E-state index in [1.807, 2.05) is 4.90 Å². The molecule has 0 aromatic heterocycles. The molecule has 0 spiro atoms. The largest absolute Gasteiger partial charge is 0.342 e. The number of likely N-dealkylation sites (tertiary alicyclic amines) is 1. The Morgan fingerprint density at radius 1 is 1.23 bits per heavy atom. The van der Waals surface area contributed by atoms with Crippen molar-refractivity contribution in [2.75, 3.05) is 19.6 Å². The number of carbonyl (C=O) groups excluding carboxylic acids is 1. The number of hydrogen-bond donors (Lipinski definition) is 1. The van der Waals surface area contributed by atoms with Gasteiger partial charge in [0.25, 0.3) is 0 Å². The average molecular weight is 331 g/mol. The van der Waals surface area contributed by atoms with E-state index in [9.17, 15) is 13.6 Å². The van der Waals surface area contributed by atoms with E-state index >= 15 is 0 Å². The van der Waals surface area contributed by atoms with Gasteiger partial charge in [0.2, 0.25) is 5.91 Å². The topological polar surface area (TPSA) is 32.3 Å². The maximum atomic E-state index is 13.2. The highest BCUT2D eigenvalue weighted by atomic mass is 35.5. The van der Waals surface area contributed by atoms with Gasteiger partial charge >= 0.3 is 0 Å². The zero-order chi connectivity index (χ0) is 14.8. The Morgan fingerprint density at radius 3 is 2.68 bits per heavy atom. The summed E-state index contributed by atoms with van der Waals surface area (Å²) in [5.41, 5.74) is 0.404. The van der Waals surface area contributed by atoms with Gasteiger partial charge in [-0.3, -0.25) is 4.79 Å². The Labute approximate surface area is 135 Å². The second kappa shape index (κ2) is 7.38. The molecule has 0 aliphatic carbocycles. The van der Waals surface area contributed by atoms with Gasteiger partial charge in [0, 0.05) is 25.2 Å². The van der Waals surface area contributed by atoms with Crippen molar-refractivity contribution in [2.24, 2.45) is 5.92 Å². The molecule has 1 aromatic carbocycles. The molecule has 0 saturated carbocycles. The second-order valence-corrected chi connectivity index (χ2v) is 6.05. The molecule has 1 N–H and O–H groups in total. The molecule has 2 fully saturated rings. The van der Waals surface area contributed by atoms with Gasteiger partial charge in [-0.05, 0) is 49.4 Å². The highest BCUT2D eigenvalue weighted by Crippen LogP contribution is 2.25. The zero-order valence-electron chi connectivity index (χ0n) is 12.4. The van der Waals surface area contributed by atoms with E-state index < -0.39 is 11.6 Å². The number of nitrogens with zero attached hydrogens (tertiary/aromatic N) is 1. The summed E-state index contributed by atoms with van der Waals surface area (Å²) in [4.78, 5) is 14.2. The molecule has 3 nitrogen and oxygen atoms in total. The van der Waals surface area contributed by atoms with Crippen molar-refractivity contribution in [2.45, 2.75) is 31.7 Å². The van der Waals surface area contributed by atoms with Gasteiger partial charge < -0.3 is 10.2 Å². The summed E-state index contributed by atoms with van der Waals surface area (Å²) in [6.45, 7) is 2.55. The summed E-state index contributed by atoms with van der Waals surface area (Å²) < 4.78 is 26.3. The van der Waals surface area contributed by atoms with Crippen LogP contribution in [0.5, 0.6) is 0 Å². The van der Waals surface area contributed by atoms with Crippen molar-refractivity contribution in [3.05, 3.63) is 35.4 Å². The van der Waals surface area contributed by atoms with Crippen LogP contribution >= 0.6 is 12.4 Å². The predicted octanol–water partition coefficient (Wildman–Crippen LogP) is 2.53. The first kappa shape index (κ1) is 17.2. The molecule has 6 heteroatoms. The van der Waals surface area contributed by atoms with Gasteiger partial charge in [0.05, 0.1) is 6.42 Å². The quantitative estimate of drug-likeness (QED) is 0.903. The van der Waals surface area contributed by atoms with Crippen molar-refractivity contribution in [3.63, 3.8) is 0 Å². The third kappa shape index (κ3) is 3.96. The normalized spacial score (nSPS) is 24.4. The summed E-state index contributed by atoms with van der Waals surface area (Å²) in [5.74, 6) is -0.786. The van der Waals surface area contributed by atoms with Crippen LogP contribution in [0.15, 0.2) is 18.2 Å². The molecule has 3 rings (SSSR count). The maximum Gasteiger partial charge on any atom is 0.227 e. The molecule has 122 valence electrons. The lowest BCUT2D eigenvalue weighted by Gasteiger charge is -2.41. The number of amides is 1. The number of rotatable bonds is 2. The van der Waals surface area contributed by atoms with Crippen LogP contribution < -0.4 is 5.32 Å². The van der Waals surface area contributed by atoms with Crippen molar-refractivity contribution in [1.29, 1.82) is 0 Å². The van der Waals surface area contributed by atoms with E-state index in [-0.39, 0.29) is 24.7 Å². The van der Waals surface area contributed by atoms with Gasteiger partial charge in [-0.25, -0.2) is 8.78 Å². The van der Waals surface area contributed by atoms with Crippen molar-refractivity contribution < 1.29 is 13.6 Å². The summed E-state index contributed by atoms with van der Waals surface area (Å²) >= 11 is 0. The molecule has 2 heterocycles. The minimum absolute atomic E-state index is 0. The number of nitrogens with one attached hydrogen (secondary N) is 1. The Morgan fingerprint density at radius 2 is 1.95 bits per heavy atom. The van der Waals surface area contributed by atoms with Gasteiger partial charge in [0.15, 0.2) is 0 Å². The number of hydrogen-bond acceptors (Lipinski definition) is 2. The Balaban J connectivity index is 0.00000176. The first-order valence-corrected chi connectivity index (χ1v) is 7.58. The van der Waals surface area contributed by atoms with Crippen LogP contribution in [0.1, 0.15) is 24.8 Å². The molecule has 0 bridgehead atoms. The second-order valence-electron chi connectivity index (χ2n) is 6.05. The van der Waals surface area contributed by atoms with E-state index in [0.29, 0.717) is 17.5 Å². The molecule has 0 radical (unpaired) electrons. The lowest BCUT2D eigenvalue weighted by atomic mass is 9.85. The van der Waals surface area contributed by atoms with E-state index in [1.54, 1.807) is 0 Å². The van der Waals surface area contributed by atoms with Crippen LogP contribution in [0.25, 0.3) is 0 Å². The number of carbonyl (C=O) groups is 1. The zero-order valence-corrected chi connectivity index (χ0v) is 13.2. The number of piperidine rings is 2. The lowest BCUT2D eigenvalue weighted by molar-refractivity contribution is -0.132. The molecule has 0 unspecified atom stereocenters. The first-order valence-electron chi connectivity index (χ1n) is 7.58. The van der Waals surface area contributed by atoms with Gasteiger partial charge in [-0.2, -0.15) is 0 Å². The van der Waals surface area contributed by atoms with Crippen LogP contribution in [-0.4, -0.2) is 36.5 Å². The Bertz CT molecular complexity index is 521. The molecule has 1 amide bonds. The summed E-state index contributed by atoms with van der Waals surface area (Å²) in [7, 11) is 0. The molecule has 2 atom stereocenters. The summed E-state index contributed by atoms with van der Waals surface area (Å²) in [6.07, 6.45) is 3.34. The molecular formula is C16H21ClF2N2O. The van der Waals surface area contributed by atoms with Crippen LogP contribution in [0.3, 0.4) is 0 Å². The minimum atomic E-state index is -0.631. The fraction of sp³-hybridized carbons (Fsp3) is 0.562.